The highest BCUT2D eigenvalue weighted by Crippen LogP contribution is 2.37. The summed E-state index contributed by atoms with van der Waals surface area (Å²) in [5, 5.41) is 3.55. The predicted octanol–water partition coefficient (Wildman–Crippen LogP) is 5.04. The number of rotatable bonds is 4. The van der Waals surface area contributed by atoms with E-state index in [1.54, 1.807) is 13.0 Å². The molecule has 0 radical (unpaired) electrons. The zero-order valence-electron chi connectivity index (χ0n) is 12.8. The molecule has 1 saturated carbocycles. The fourth-order valence-corrected chi connectivity index (χ4v) is 3.32. The van der Waals surface area contributed by atoms with Crippen molar-refractivity contribution in [3.8, 4) is 0 Å². The number of hydrogen-bond acceptors (Lipinski definition) is 1. The average Bonchev–Trinajstić information content (AvgIpc) is 2.44. The van der Waals surface area contributed by atoms with Crippen molar-refractivity contribution in [1.82, 2.24) is 5.32 Å². The molecular formula is C17H24F3N. The zero-order chi connectivity index (χ0) is 15.5. The van der Waals surface area contributed by atoms with Gasteiger partial charge in [-0.2, -0.15) is 13.2 Å². The lowest BCUT2D eigenvalue weighted by atomic mass is 9.79. The molecule has 1 nitrogen and oxygen atoms in total. The van der Waals surface area contributed by atoms with Gasteiger partial charge in [-0.25, -0.2) is 0 Å². The maximum absolute atomic E-state index is 12.7. The predicted molar refractivity (Wildman–Crippen MR) is 79.5 cm³/mol. The normalized spacial score (nSPS) is 23.3. The van der Waals surface area contributed by atoms with Gasteiger partial charge >= 0.3 is 6.18 Å². The fourth-order valence-electron chi connectivity index (χ4n) is 3.32. The number of alkyl halides is 3. The Balaban J connectivity index is 2.10. The molecule has 0 amide bonds. The van der Waals surface area contributed by atoms with Crippen LogP contribution in [-0.2, 0) is 6.18 Å². The second-order valence-corrected chi connectivity index (χ2v) is 6.08. The van der Waals surface area contributed by atoms with Crippen molar-refractivity contribution in [2.75, 3.05) is 6.54 Å². The van der Waals surface area contributed by atoms with Gasteiger partial charge in [0.1, 0.15) is 0 Å². The molecule has 0 heterocycles. The summed E-state index contributed by atoms with van der Waals surface area (Å²) in [5.74, 6) is 0.385. The minimum Gasteiger partial charge on any atom is -0.314 e. The molecule has 0 aromatic heterocycles. The molecule has 0 aliphatic heterocycles. The largest absolute Gasteiger partial charge is 0.416 e. The van der Waals surface area contributed by atoms with Crippen molar-refractivity contribution in [3.63, 3.8) is 0 Å². The summed E-state index contributed by atoms with van der Waals surface area (Å²) in [7, 11) is 0. The first kappa shape index (κ1) is 16.3. The molecule has 0 spiro atoms. The maximum atomic E-state index is 12.7. The van der Waals surface area contributed by atoms with Crippen molar-refractivity contribution in [2.24, 2.45) is 0 Å². The van der Waals surface area contributed by atoms with E-state index in [4.69, 9.17) is 0 Å². The van der Waals surface area contributed by atoms with E-state index < -0.39 is 11.7 Å². The van der Waals surface area contributed by atoms with Crippen molar-refractivity contribution < 1.29 is 13.2 Å². The third-order valence-corrected chi connectivity index (χ3v) is 4.39. The van der Waals surface area contributed by atoms with Gasteiger partial charge in [-0.15, -0.1) is 0 Å². The average molecular weight is 299 g/mol. The Hall–Kier alpha value is -1.03. The smallest absolute Gasteiger partial charge is 0.314 e. The van der Waals surface area contributed by atoms with Crippen LogP contribution in [0.1, 0.15) is 61.6 Å². The molecule has 1 aliphatic rings. The van der Waals surface area contributed by atoms with Crippen LogP contribution in [0.15, 0.2) is 18.2 Å². The van der Waals surface area contributed by atoms with Crippen LogP contribution in [-0.4, -0.2) is 12.6 Å². The summed E-state index contributed by atoms with van der Waals surface area (Å²) in [6.45, 7) is 4.96. The first-order valence-electron chi connectivity index (χ1n) is 7.83. The van der Waals surface area contributed by atoms with E-state index in [9.17, 15) is 13.2 Å². The lowest BCUT2D eigenvalue weighted by Crippen LogP contribution is -2.34. The van der Waals surface area contributed by atoms with Crippen LogP contribution in [0.3, 0.4) is 0 Å². The van der Waals surface area contributed by atoms with Crippen LogP contribution in [0.2, 0.25) is 0 Å². The Morgan fingerprint density at radius 3 is 2.62 bits per heavy atom. The Morgan fingerprint density at radius 2 is 2.00 bits per heavy atom. The van der Waals surface area contributed by atoms with Crippen molar-refractivity contribution in [2.45, 2.75) is 64.1 Å². The van der Waals surface area contributed by atoms with Gasteiger partial charge in [0.15, 0.2) is 0 Å². The van der Waals surface area contributed by atoms with E-state index in [-0.39, 0.29) is 0 Å². The highest BCUT2D eigenvalue weighted by molar-refractivity contribution is 5.35. The quantitative estimate of drug-likeness (QED) is 0.821. The molecule has 2 atom stereocenters. The standard InChI is InChI=1S/C17H24F3N/c1-3-9-21-15-6-4-5-13(11-15)16-8-7-14(10-12(16)2)17(18,19)20/h7-8,10,13,15,21H,3-6,9,11H2,1-2H3. The van der Waals surface area contributed by atoms with E-state index in [1.165, 1.54) is 18.6 Å². The van der Waals surface area contributed by atoms with E-state index >= 15 is 0 Å². The van der Waals surface area contributed by atoms with Crippen molar-refractivity contribution in [3.05, 3.63) is 34.9 Å². The third kappa shape index (κ3) is 4.22. The first-order valence-corrected chi connectivity index (χ1v) is 7.83. The minimum absolute atomic E-state index is 0.385. The van der Waals surface area contributed by atoms with Gasteiger partial charge in [0, 0.05) is 6.04 Å². The maximum Gasteiger partial charge on any atom is 0.416 e. The molecule has 2 rings (SSSR count). The summed E-state index contributed by atoms with van der Waals surface area (Å²) >= 11 is 0. The second-order valence-electron chi connectivity index (χ2n) is 6.08. The molecule has 21 heavy (non-hydrogen) atoms. The summed E-state index contributed by atoms with van der Waals surface area (Å²) in [5.41, 5.74) is 1.32. The first-order chi connectivity index (χ1) is 9.91. The molecule has 1 aliphatic carbocycles. The Morgan fingerprint density at radius 1 is 1.24 bits per heavy atom. The summed E-state index contributed by atoms with van der Waals surface area (Å²) in [4.78, 5) is 0. The van der Waals surface area contributed by atoms with E-state index in [1.807, 2.05) is 0 Å². The van der Waals surface area contributed by atoms with Gasteiger partial charge in [-0.3, -0.25) is 0 Å². The molecule has 1 aromatic carbocycles. The van der Waals surface area contributed by atoms with Crippen LogP contribution in [0.5, 0.6) is 0 Å². The van der Waals surface area contributed by atoms with E-state index in [0.717, 1.165) is 43.4 Å². The van der Waals surface area contributed by atoms with Crippen LogP contribution < -0.4 is 5.32 Å². The molecule has 4 heteroatoms. The molecule has 1 N–H and O–H groups in total. The van der Waals surface area contributed by atoms with E-state index in [2.05, 4.69) is 12.2 Å². The molecule has 1 fully saturated rings. The SMILES string of the molecule is CCCNC1CCCC(c2ccc(C(F)(F)F)cc2C)C1. The minimum atomic E-state index is -4.25. The van der Waals surface area contributed by atoms with Gasteiger partial charge in [-0.1, -0.05) is 19.4 Å². The molecule has 1 aromatic rings. The lowest BCUT2D eigenvalue weighted by molar-refractivity contribution is -0.137. The number of halogens is 3. The number of aryl methyl sites for hydroxylation is 1. The molecule has 0 bridgehead atoms. The molecule has 2 unspecified atom stereocenters. The summed E-state index contributed by atoms with van der Waals surface area (Å²) < 4.78 is 38.2. The number of hydrogen-bond donors (Lipinski definition) is 1. The van der Waals surface area contributed by atoms with Crippen LogP contribution in [0.25, 0.3) is 0 Å². The zero-order valence-corrected chi connectivity index (χ0v) is 12.8. The van der Waals surface area contributed by atoms with Crippen LogP contribution in [0, 0.1) is 6.92 Å². The third-order valence-electron chi connectivity index (χ3n) is 4.39. The van der Waals surface area contributed by atoms with Crippen LogP contribution in [0.4, 0.5) is 13.2 Å². The summed E-state index contributed by atoms with van der Waals surface area (Å²) in [6, 6.07) is 4.71. The topological polar surface area (TPSA) is 12.0 Å². The van der Waals surface area contributed by atoms with Gasteiger partial charge in [0.05, 0.1) is 5.56 Å². The van der Waals surface area contributed by atoms with Gasteiger partial charge in [0.25, 0.3) is 0 Å². The van der Waals surface area contributed by atoms with Gasteiger partial charge < -0.3 is 5.32 Å². The van der Waals surface area contributed by atoms with Crippen molar-refractivity contribution in [1.29, 1.82) is 0 Å². The van der Waals surface area contributed by atoms with Gasteiger partial charge in [-0.05, 0) is 68.3 Å². The van der Waals surface area contributed by atoms with Crippen LogP contribution >= 0.6 is 0 Å². The monoisotopic (exact) mass is 299 g/mol. The highest BCUT2D eigenvalue weighted by atomic mass is 19.4. The molecule has 0 saturated heterocycles. The van der Waals surface area contributed by atoms with E-state index in [0.29, 0.717) is 12.0 Å². The highest BCUT2D eigenvalue weighted by Gasteiger charge is 2.31. The summed E-state index contributed by atoms with van der Waals surface area (Å²) in [6.07, 6.45) is 1.30. The molecule has 118 valence electrons. The Bertz CT molecular complexity index is 468. The van der Waals surface area contributed by atoms with Crippen molar-refractivity contribution >= 4 is 0 Å². The number of benzene rings is 1. The molecular weight excluding hydrogens is 275 g/mol. The number of nitrogens with one attached hydrogen (secondary N) is 1. The lowest BCUT2D eigenvalue weighted by Gasteiger charge is -2.31. The Kier molecular flexibility index (Phi) is 5.31. The Labute approximate surface area is 124 Å². The van der Waals surface area contributed by atoms with Gasteiger partial charge in [0.2, 0.25) is 0 Å². The fraction of sp³-hybridized carbons (Fsp3) is 0.647. The second kappa shape index (κ2) is 6.82.